The van der Waals surface area contributed by atoms with Crippen molar-refractivity contribution < 1.29 is 8.42 Å². The Labute approximate surface area is 95.1 Å². The third-order valence-electron chi connectivity index (χ3n) is 2.79. The van der Waals surface area contributed by atoms with Crippen LogP contribution in [-0.2, 0) is 17.1 Å². The third kappa shape index (κ3) is 1.98. The number of hydrogen-bond acceptors (Lipinski definition) is 4. The van der Waals surface area contributed by atoms with E-state index in [9.17, 15) is 8.42 Å². The lowest BCUT2D eigenvalue weighted by Gasteiger charge is -2.31. The predicted octanol–water partition coefficient (Wildman–Crippen LogP) is -0.120. The summed E-state index contributed by atoms with van der Waals surface area (Å²) in [4.78, 5) is 0.215. The normalized spacial score (nSPS) is 23.5. The summed E-state index contributed by atoms with van der Waals surface area (Å²) in [5.41, 5.74) is 5.83. The van der Waals surface area contributed by atoms with Gasteiger partial charge in [0.05, 0.1) is 12.4 Å². The van der Waals surface area contributed by atoms with Crippen molar-refractivity contribution in [1.82, 2.24) is 14.1 Å². The van der Waals surface area contributed by atoms with Gasteiger partial charge in [-0.05, 0) is 19.3 Å². The first-order valence-corrected chi connectivity index (χ1v) is 6.72. The average molecular weight is 244 g/mol. The number of rotatable bonds is 2. The minimum Gasteiger partial charge on any atom is -0.315 e. The molecular weight excluding hydrogens is 228 g/mol. The van der Waals surface area contributed by atoms with Gasteiger partial charge in [0.15, 0.2) is 0 Å². The molecule has 0 aromatic carbocycles. The molecule has 6 nitrogen and oxygen atoms in total. The molecule has 0 saturated carbocycles. The zero-order chi connectivity index (χ0) is 11.8. The quantitative estimate of drug-likeness (QED) is 0.786. The third-order valence-corrected chi connectivity index (χ3v) is 4.66. The van der Waals surface area contributed by atoms with Crippen LogP contribution in [0.25, 0.3) is 0 Å². The van der Waals surface area contributed by atoms with Crippen molar-refractivity contribution >= 4 is 10.0 Å². The monoisotopic (exact) mass is 244 g/mol. The molecule has 0 radical (unpaired) electrons. The molecule has 1 aliphatic heterocycles. The molecule has 1 atom stereocenters. The summed E-state index contributed by atoms with van der Waals surface area (Å²) in [6.45, 7) is 0.498. The molecule has 16 heavy (non-hydrogen) atoms. The number of aryl methyl sites for hydroxylation is 1. The Bertz CT molecular complexity index is 468. The van der Waals surface area contributed by atoms with E-state index in [0.29, 0.717) is 6.54 Å². The lowest BCUT2D eigenvalue weighted by atomic mass is 10.1. The second-order valence-electron chi connectivity index (χ2n) is 4.03. The highest BCUT2D eigenvalue weighted by Crippen LogP contribution is 2.22. The van der Waals surface area contributed by atoms with Gasteiger partial charge in [-0.3, -0.25) is 4.68 Å². The molecule has 0 amide bonds. The van der Waals surface area contributed by atoms with E-state index in [1.54, 1.807) is 7.05 Å². The highest BCUT2D eigenvalue weighted by Gasteiger charge is 2.32. The summed E-state index contributed by atoms with van der Waals surface area (Å²) in [5.74, 6) is 0. The van der Waals surface area contributed by atoms with Crippen molar-refractivity contribution in [3.05, 3.63) is 12.4 Å². The maximum atomic E-state index is 12.2. The van der Waals surface area contributed by atoms with Crippen LogP contribution in [0, 0.1) is 0 Å². The van der Waals surface area contributed by atoms with Gasteiger partial charge in [0.2, 0.25) is 10.0 Å². The molecule has 90 valence electrons. The van der Waals surface area contributed by atoms with Crippen LogP contribution in [0.5, 0.6) is 0 Å². The van der Waals surface area contributed by atoms with Crippen LogP contribution < -0.4 is 5.73 Å². The van der Waals surface area contributed by atoms with Gasteiger partial charge in [0.25, 0.3) is 0 Å². The van der Waals surface area contributed by atoms with Crippen molar-refractivity contribution in [2.45, 2.75) is 30.3 Å². The van der Waals surface area contributed by atoms with Crippen LogP contribution in [0.3, 0.4) is 0 Å². The van der Waals surface area contributed by atoms with Gasteiger partial charge in [0, 0.05) is 19.8 Å². The van der Waals surface area contributed by atoms with E-state index < -0.39 is 16.2 Å². The molecule has 1 aliphatic rings. The second kappa shape index (κ2) is 4.15. The fourth-order valence-electron chi connectivity index (χ4n) is 1.90. The molecule has 2 rings (SSSR count). The molecule has 0 spiro atoms. The van der Waals surface area contributed by atoms with Crippen molar-refractivity contribution in [2.75, 3.05) is 6.54 Å². The van der Waals surface area contributed by atoms with Crippen LogP contribution in [-0.4, -0.2) is 35.2 Å². The molecule has 1 fully saturated rings. The molecule has 1 aromatic rings. The smallest absolute Gasteiger partial charge is 0.247 e. The Morgan fingerprint density at radius 3 is 2.81 bits per heavy atom. The van der Waals surface area contributed by atoms with Crippen molar-refractivity contribution in [1.29, 1.82) is 0 Å². The first kappa shape index (κ1) is 11.6. The maximum Gasteiger partial charge on any atom is 0.247 e. The van der Waals surface area contributed by atoms with E-state index >= 15 is 0 Å². The Kier molecular flexibility index (Phi) is 3.00. The second-order valence-corrected chi connectivity index (χ2v) is 5.92. The first-order chi connectivity index (χ1) is 7.51. The van der Waals surface area contributed by atoms with Gasteiger partial charge >= 0.3 is 0 Å². The van der Waals surface area contributed by atoms with E-state index in [1.807, 2.05) is 0 Å². The Balaban J connectivity index is 2.31. The summed E-state index contributed by atoms with van der Waals surface area (Å²) in [6.07, 6.45) is 5.03. The van der Waals surface area contributed by atoms with Gasteiger partial charge in [-0.1, -0.05) is 0 Å². The zero-order valence-electron chi connectivity index (χ0n) is 9.20. The van der Waals surface area contributed by atoms with Crippen molar-refractivity contribution in [3.63, 3.8) is 0 Å². The topological polar surface area (TPSA) is 81.2 Å². The molecule has 1 saturated heterocycles. The number of nitrogens with two attached hydrogens (primary N) is 1. The fourth-order valence-corrected chi connectivity index (χ4v) is 3.46. The molecule has 7 heteroatoms. The summed E-state index contributed by atoms with van der Waals surface area (Å²) in [6, 6.07) is 0. The van der Waals surface area contributed by atoms with Gasteiger partial charge in [-0.25, -0.2) is 8.42 Å². The lowest BCUT2D eigenvalue weighted by Crippen LogP contribution is -2.48. The number of hydrogen-bond donors (Lipinski definition) is 1. The maximum absolute atomic E-state index is 12.2. The van der Waals surface area contributed by atoms with Crippen LogP contribution in [0.4, 0.5) is 0 Å². The number of sulfonamides is 1. The minimum absolute atomic E-state index is 0.215. The molecule has 2 N–H and O–H groups in total. The zero-order valence-corrected chi connectivity index (χ0v) is 10.0. The van der Waals surface area contributed by atoms with Gasteiger partial charge in [-0.2, -0.15) is 9.40 Å². The largest absolute Gasteiger partial charge is 0.315 e. The summed E-state index contributed by atoms with van der Waals surface area (Å²) < 4.78 is 27.3. The molecule has 1 unspecified atom stereocenters. The van der Waals surface area contributed by atoms with Crippen molar-refractivity contribution in [3.8, 4) is 0 Å². The predicted molar refractivity (Wildman–Crippen MR) is 58.9 cm³/mol. The number of piperidine rings is 1. The van der Waals surface area contributed by atoms with Gasteiger partial charge < -0.3 is 5.73 Å². The molecule has 1 aromatic heterocycles. The standard InChI is InChI=1S/C9H16N4O2S/c1-12-7-8(6-11-12)16(14,15)13-5-3-2-4-9(13)10/h6-7,9H,2-5,10H2,1H3. The number of nitrogens with zero attached hydrogens (tertiary/aromatic N) is 3. The highest BCUT2D eigenvalue weighted by molar-refractivity contribution is 7.89. The molecule has 2 heterocycles. The van der Waals surface area contributed by atoms with Gasteiger partial charge in [0.1, 0.15) is 4.90 Å². The molecule has 0 bridgehead atoms. The first-order valence-electron chi connectivity index (χ1n) is 5.28. The fraction of sp³-hybridized carbons (Fsp3) is 0.667. The van der Waals surface area contributed by atoms with Crippen molar-refractivity contribution in [2.24, 2.45) is 12.8 Å². The van der Waals surface area contributed by atoms with E-state index in [-0.39, 0.29) is 4.90 Å². The number of aromatic nitrogens is 2. The molecule has 0 aliphatic carbocycles. The van der Waals surface area contributed by atoms with E-state index in [2.05, 4.69) is 5.10 Å². The Morgan fingerprint density at radius 1 is 1.50 bits per heavy atom. The Morgan fingerprint density at radius 2 is 2.25 bits per heavy atom. The lowest BCUT2D eigenvalue weighted by molar-refractivity contribution is 0.258. The SMILES string of the molecule is Cn1cc(S(=O)(=O)N2CCCCC2N)cn1. The van der Waals surface area contributed by atoms with Crippen LogP contribution in [0.2, 0.25) is 0 Å². The van der Waals surface area contributed by atoms with E-state index in [1.165, 1.54) is 21.4 Å². The summed E-state index contributed by atoms with van der Waals surface area (Å²) >= 11 is 0. The summed E-state index contributed by atoms with van der Waals surface area (Å²) in [5, 5.41) is 3.87. The van der Waals surface area contributed by atoms with Crippen LogP contribution in [0.1, 0.15) is 19.3 Å². The van der Waals surface area contributed by atoms with Crippen LogP contribution >= 0.6 is 0 Å². The van der Waals surface area contributed by atoms with Crippen LogP contribution in [0.15, 0.2) is 17.3 Å². The Hall–Kier alpha value is -0.920. The highest BCUT2D eigenvalue weighted by atomic mass is 32.2. The van der Waals surface area contributed by atoms with E-state index in [0.717, 1.165) is 19.3 Å². The van der Waals surface area contributed by atoms with E-state index in [4.69, 9.17) is 5.73 Å². The minimum atomic E-state index is -3.47. The average Bonchev–Trinajstić information content (AvgIpc) is 2.66. The van der Waals surface area contributed by atoms with Gasteiger partial charge in [-0.15, -0.1) is 0 Å². The molecular formula is C9H16N4O2S. The summed E-state index contributed by atoms with van der Waals surface area (Å²) in [7, 11) is -1.78.